The van der Waals surface area contributed by atoms with Crippen LogP contribution in [0.1, 0.15) is 38.8 Å². The van der Waals surface area contributed by atoms with E-state index in [0.29, 0.717) is 11.4 Å². The molecule has 1 rings (SSSR count). The van der Waals surface area contributed by atoms with E-state index in [4.69, 9.17) is 0 Å². The lowest BCUT2D eigenvalue weighted by atomic mass is 10.1. The Labute approximate surface area is 116 Å². The molecule has 1 aromatic carbocycles. The minimum Gasteiger partial charge on any atom is -0.310 e. The number of hydrogen-bond donors (Lipinski definition) is 1. The summed E-state index contributed by atoms with van der Waals surface area (Å²) in [6.07, 6.45) is 1.06. The van der Waals surface area contributed by atoms with E-state index < -0.39 is 10.0 Å². The quantitative estimate of drug-likeness (QED) is 0.836. The van der Waals surface area contributed by atoms with Crippen molar-refractivity contribution >= 4 is 10.0 Å². The summed E-state index contributed by atoms with van der Waals surface area (Å²) in [5, 5.41) is 3.36. The van der Waals surface area contributed by atoms with Gasteiger partial charge in [0.05, 0.1) is 4.90 Å². The van der Waals surface area contributed by atoms with Gasteiger partial charge in [-0.15, -0.1) is 0 Å². The Morgan fingerprint density at radius 3 is 2.58 bits per heavy atom. The maximum Gasteiger partial charge on any atom is 0.242 e. The molecule has 0 heterocycles. The van der Waals surface area contributed by atoms with Crippen molar-refractivity contribution < 1.29 is 8.42 Å². The first-order valence-corrected chi connectivity index (χ1v) is 8.17. The summed E-state index contributed by atoms with van der Waals surface area (Å²) < 4.78 is 25.9. The van der Waals surface area contributed by atoms with E-state index in [1.54, 1.807) is 25.2 Å². The molecule has 0 spiro atoms. The Bertz CT molecular complexity index is 500. The summed E-state index contributed by atoms with van der Waals surface area (Å²) in [5.74, 6) is 0. The summed E-state index contributed by atoms with van der Waals surface area (Å²) in [7, 11) is -1.76. The van der Waals surface area contributed by atoms with Crippen LogP contribution >= 0.6 is 0 Å². The van der Waals surface area contributed by atoms with Crippen molar-refractivity contribution in [1.82, 2.24) is 9.62 Å². The maximum atomic E-state index is 12.3. The molecule has 0 bridgehead atoms. The minimum atomic E-state index is -3.36. The van der Waals surface area contributed by atoms with Gasteiger partial charge in [0, 0.05) is 19.6 Å². The largest absolute Gasteiger partial charge is 0.310 e. The van der Waals surface area contributed by atoms with E-state index in [-0.39, 0.29) is 6.04 Å². The van der Waals surface area contributed by atoms with Crippen molar-refractivity contribution in [2.45, 2.75) is 38.1 Å². The molecule has 0 fully saturated rings. The number of nitrogens with one attached hydrogen (secondary N) is 1. The van der Waals surface area contributed by atoms with Crippen molar-refractivity contribution in [2.75, 3.05) is 20.1 Å². The lowest BCUT2D eigenvalue weighted by molar-refractivity contribution is 0.486. The summed E-state index contributed by atoms with van der Waals surface area (Å²) in [6, 6.07) is 7.32. The molecular formula is C14H24N2O2S. The number of benzene rings is 1. The van der Waals surface area contributed by atoms with Gasteiger partial charge >= 0.3 is 0 Å². The first kappa shape index (κ1) is 16.1. The molecule has 5 heteroatoms. The molecule has 108 valence electrons. The molecule has 4 nitrogen and oxygen atoms in total. The minimum absolute atomic E-state index is 0.155. The van der Waals surface area contributed by atoms with Gasteiger partial charge in [-0.25, -0.2) is 12.7 Å². The summed E-state index contributed by atoms with van der Waals surface area (Å²) in [6.45, 7) is 7.37. The van der Waals surface area contributed by atoms with Gasteiger partial charge in [0.15, 0.2) is 0 Å². The van der Waals surface area contributed by atoms with Crippen LogP contribution in [0.5, 0.6) is 0 Å². The number of hydrogen-bond acceptors (Lipinski definition) is 3. The van der Waals surface area contributed by atoms with E-state index in [1.165, 1.54) is 4.31 Å². The van der Waals surface area contributed by atoms with Crippen LogP contribution < -0.4 is 5.32 Å². The van der Waals surface area contributed by atoms with Gasteiger partial charge in [0.2, 0.25) is 10.0 Å². The van der Waals surface area contributed by atoms with Crippen LogP contribution in [-0.2, 0) is 10.0 Å². The normalized spacial score (nSPS) is 13.7. The Kier molecular flexibility index (Phi) is 5.97. The van der Waals surface area contributed by atoms with Gasteiger partial charge in [0.1, 0.15) is 0 Å². The summed E-state index contributed by atoms with van der Waals surface area (Å²) in [4.78, 5) is 0.361. The highest BCUT2D eigenvalue weighted by Crippen LogP contribution is 2.19. The van der Waals surface area contributed by atoms with E-state index in [0.717, 1.165) is 18.5 Å². The van der Waals surface area contributed by atoms with Gasteiger partial charge in [-0.1, -0.05) is 26.0 Å². The molecule has 1 atom stereocenters. The molecule has 0 radical (unpaired) electrons. The molecule has 19 heavy (non-hydrogen) atoms. The molecule has 1 unspecified atom stereocenters. The lowest BCUT2D eigenvalue weighted by Gasteiger charge is -2.18. The van der Waals surface area contributed by atoms with E-state index >= 15 is 0 Å². The molecule has 1 aromatic rings. The second kappa shape index (κ2) is 7.03. The fraction of sp³-hybridized carbons (Fsp3) is 0.571. The number of sulfonamides is 1. The zero-order valence-corrected chi connectivity index (χ0v) is 13.0. The van der Waals surface area contributed by atoms with Gasteiger partial charge in [-0.05, 0) is 37.6 Å². The van der Waals surface area contributed by atoms with Crippen LogP contribution in [0.25, 0.3) is 0 Å². The fourth-order valence-electron chi connectivity index (χ4n) is 1.77. The second-order valence-electron chi connectivity index (χ2n) is 4.67. The average molecular weight is 284 g/mol. The third-order valence-electron chi connectivity index (χ3n) is 3.21. The standard InChI is InChI=1S/C14H24N2O2S/c1-5-10-15-12(3)13-8-7-9-14(11-13)19(17,18)16(4)6-2/h7-9,11-12,15H,5-6,10H2,1-4H3. The van der Waals surface area contributed by atoms with Gasteiger partial charge < -0.3 is 5.32 Å². The third-order valence-corrected chi connectivity index (χ3v) is 5.14. The first-order valence-electron chi connectivity index (χ1n) is 6.73. The van der Waals surface area contributed by atoms with Crippen molar-refractivity contribution in [3.63, 3.8) is 0 Å². The summed E-state index contributed by atoms with van der Waals surface area (Å²) >= 11 is 0. The topological polar surface area (TPSA) is 49.4 Å². The van der Waals surface area contributed by atoms with Gasteiger partial charge in [-0.2, -0.15) is 0 Å². The fourth-order valence-corrected chi connectivity index (χ4v) is 3.01. The third kappa shape index (κ3) is 4.03. The van der Waals surface area contributed by atoms with E-state index in [2.05, 4.69) is 12.2 Å². The Hall–Kier alpha value is -0.910. The van der Waals surface area contributed by atoms with Crippen molar-refractivity contribution in [1.29, 1.82) is 0 Å². The predicted molar refractivity (Wildman–Crippen MR) is 78.6 cm³/mol. The van der Waals surface area contributed by atoms with E-state index in [9.17, 15) is 8.42 Å². The molecular weight excluding hydrogens is 260 g/mol. The average Bonchev–Trinajstić information content (AvgIpc) is 2.43. The predicted octanol–water partition coefficient (Wildman–Crippen LogP) is 2.39. The monoisotopic (exact) mass is 284 g/mol. The smallest absolute Gasteiger partial charge is 0.242 e. The lowest BCUT2D eigenvalue weighted by Crippen LogP contribution is -2.27. The molecule has 0 aliphatic carbocycles. The van der Waals surface area contributed by atoms with Gasteiger partial charge in [0.25, 0.3) is 0 Å². The summed E-state index contributed by atoms with van der Waals surface area (Å²) in [5.41, 5.74) is 0.999. The molecule has 0 saturated heterocycles. The SMILES string of the molecule is CCCNC(C)c1cccc(S(=O)(=O)N(C)CC)c1. The zero-order chi connectivity index (χ0) is 14.5. The Balaban J connectivity index is 3.00. The highest BCUT2D eigenvalue weighted by molar-refractivity contribution is 7.89. The van der Waals surface area contributed by atoms with Crippen molar-refractivity contribution in [3.8, 4) is 0 Å². The van der Waals surface area contributed by atoms with Crippen LogP contribution in [0.4, 0.5) is 0 Å². The maximum absolute atomic E-state index is 12.3. The number of rotatable bonds is 7. The van der Waals surface area contributed by atoms with Crippen LogP contribution in [-0.4, -0.2) is 32.9 Å². The zero-order valence-electron chi connectivity index (χ0n) is 12.2. The number of nitrogens with zero attached hydrogens (tertiary/aromatic N) is 1. The molecule has 0 aromatic heterocycles. The second-order valence-corrected chi connectivity index (χ2v) is 6.71. The Morgan fingerprint density at radius 1 is 1.32 bits per heavy atom. The first-order chi connectivity index (χ1) is 8.93. The van der Waals surface area contributed by atoms with Crippen molar-refractivity contribution in [3.05, 3.63) is 29.8 Å². The van der Waals surface area contributed by atoms with Crippen LogP contribution in [0.15, 0.2) is 29.2 Å². The molecule has 1 N–H and O–H groups in total. The van der Waals surface area contributed by atoms with Crippen LogP contribution in [0, 0.1) is 0 Å². The molecule has 0 aliphatic rings. The van der Waals surface area contributed by atoms with Crippen LogP contribution in [0.3, 0.4) is 0 Å². The highest BCUT2D eigenvalue weighted by Gasteiger charge is 2.19. The Morgan fingerprint density at radius 2 is 2.00 bits per heavy atom. The molecule has 0 saturated carbocycles. The van der Waals surface area contributed by atoms with Gasteiger partial charge in [-0.3, -0.25) is 0 Å². The van der Waals surface area contributed by atoms with Crippen molar-refractivity contribution in [2.24, 2.45) is 0 Å². The molecule has 0 aliphatic heterocycles. The molecule has 0 amide bonds. The highest BCUT2D eigenvalue weighted by atomic mass is 32.2. The van der Waals surface area contributed by atoms with Crippen LogP contribution in [0.2, 0.25) is 0 Å². The van der Waals surface area contributed by atoms with E-state index in [1.807, 2.05) is 19.9 Å².